The number of amides is 1. The van der Waals surface area contributed by atoms with Crippen molar-refractivity contribution in [2.24, 2.45) is 5.92 Å². The van der Waals surface area contributed by atoms with Crippen molar-refractivity contribution in [3.05, 3.63) is 0 Å². The van der Waals surface area contributed by atoms with Crippen LogP contribution in [-0.4, -0.2) is 48.8 Å². The first-order valence-electron chi connectivity index (χ1n) is 5.84. The van der Waals surface area contributed by atoms with Gasteiger partial charge in [0.1, 0.15) is 5.92 Å². The molecule has 0 aromatic rings. The minimum atomic E-state index is -0.923. The average Bonchev–Trinajstić information content (AvgIpc) is 2.65. The monoisotopic (exact) mass is 244 g/mol. The summed E-state index contributed by atoms with van der Waals surface area (Å²) < 4.78 is 5.06. The molecule has 98 valence electrons. The third-order valence-corrected chi connectivity index (χ3v) is 2.65. The van der Waals surface area contributed by atoms with E-state index in [1.165, 1.54) is 0 Å². The lowest BCUT2D eigenvalue weighted by Crippen LogP contribution is -2.43. The molecule has 2 unspecified atom stereocenters. The number of carboxylic acid groups (broad SMARTS) is 1. The molecule has 0 spiro atoms. The SMILES string of the molecule is CC(C)NCCC(=O)NC1COCC1C(=O)O. The lowest BCUT2D eigenvalue weighted by molar-refractivity contribution is -0.142. The minimum absolute atomic E-state index is 0.139. The Bertz CT molecular complexity index is 281. The Balaban J connectivity index is 2.28. The Morgan fingerprint density at radius 2 is 2.12 bits per heavy atom. The molecule has 17 heavy (non-hydrogen) atoms. The molecule has 1 aliphatic heterocycles. The summed E-state index contributed by atoms with van der Waals surface area (Å²) in [5.74, 6) is -1.69. The van der Waals surface area contributed by atoms with Gasteiger partial charge in [0.25, 0.3) is 0 Å². The van der Waals surface area contributed by atoms with Crippen LogP contribution in [0.5, 0.6) is 0 Å². The van der Waals surface area contributed by atoms with E-state index in [4.69, 9.17) is 9.84 Å². The molecule has 0 aliphatic carbocycles. The van der Waals surface area contributed by atoms with Crippen molar-refractivity contribution in [3.8, 4) is 0 Å². The molecule has 0 radical (unpaired) electrons. The van der Waals surface area contributed by atoms with Crippen LogP contribution in [-0.2, 0) is 14.3 Å². The topological polar surface area (TPSA) is 87.7 Å². The summed E-state index contributed by atoms with van der Waals surface area (Å²) in [5, 5.41) is 14.7. The summed E-state index contributed by atoms with van der Waals surface area (Å²) in [6, 6.07) is -0.0663. The van der Waals surface area contributed by atoms with Gasteiger partial charge in [-0.05, 0) is 0 Å². The van der Waals surface area contributed by atoms with Gasteiger partial charge in [0.2, 0.25) is 5.91 Å². The highest BCUT2D eigenvalue weighted by Crippen LogP contribution is 2.13. The number of carbonyl (C=O) groups is 2. The Kier molecular flexibility index (Phi) is 5.37. The first kappa shape index (κ1) is 13.9. The van der Waals surface area contributed by atoms with Gasteiger partial charge in [-0.1, -0.05) is 13.8 Å². The third kappa shape index (κ3) is 4.70. The van der Waals surface area contributed by atoms with E-state index >= 15 is 0 Å². The van der Waals surface area contributed by atoms with Gasteiger partial charge in [0.15, 0.2) is 0 Å². The van der Waals surface area contributed by atoms with Gasteiger partial charge in [0.05, 0.1) is 19.3 Å². The fourth-order valence-electron chi connectivity index (χ4n) is 1.69. The molecule has 1 amide bonds. The largest absolute Gasteiger partial charge is 0.481 e. The highest BCUT2D eigenvalue weighted by Gasteiger charge is 2.34. The van der Waals surface area contributed by atoms with Crippen LogP contribution >= 0.6 is 0 Å². The number of hydrogen-bond acceptors (Lipinski definition) is 4. The zero-order valence-corrected chi connectivity index (χ0v) is 10.2. The van der Waals surface area contributed by atoms with Crippen LogP contribution in [0.1, 0.15) is 20.3 Å². The quantitative estimate of drug-likeness (QED) is 0.591. The molecular formula is C11H20N2O4. The van der Waals surface area contributed by atoms with E-state index in [0.717, 1.165) is 0 Å². The van der Waals surface area contributed by atoms with Crippen LogP contribution in [0, 0.1) is 5.92 Å². The first-order valence-corrected chi connectivity index (χ1v) is 5.84. The molecule has 6 heteroatoms. The Hall–Kier alpha value is -1.14. The molecule has 0 bridgehead atoms. The van der Waals surface area contributed by atoms with Crippen LogP contribution in [0.3, 0.4) is 0 Å². The Labute approximate surface area is 101 Å². The molecule has 1 fully saturated rings. The predicted octanol–water partition coefficient (Wildman–Crippen LogP) is -0.410. The highest BCUT2D eigenvalue weighted by molar-refractivity contribution is 5.78. The summed E-state index contributed by atoms with van der Waals surface area (Å²) in [7, 11) is 0. The van der Waals surface area contributed by atoms with Gasteiger partial charge in [0, 0.05) is 19.0 Å². The van der Waals surface area contributed by atoms with Crippen molar-refractivity contribution >= 4 is 11.9 Å². The second kappa shape index (κ2) is 6.56. The van der Waals surface area contributed by atoms with E-state index in [-0.39, 0.29) is 19.1 Å². The van der Waals surface area contributed by atoms with E-state index in [1.807, 2.05) is 13.8 Å². The van der Waals surface area contributed by atoms with E-state index in [9.17, 15) is 9.59 Å². The maximum Gasteiger partial charge on any atom is 0.311 e. The highest BCUT2D eigenvalue weighted by atomic mass is 16.5. The van der Waals surface area contributed by atoms with Crippen LogP contribution in [0.25, 0.3) is 0 Å². The molecule has 1 heterocycles. The summed E-state index contributed by atoms with van der Waals surface area (Å²) in [6.45, 7) is 5.05. The van der Waals surface area contributed by atoms with E-state index in [1.54, 1.807) is 0 Å². The molecule has 2 atom stereocenters. The number of carbonyl (C=O) groups excluding carboxylic acids is 1. The lowest BCUT2D eigenvalue weighted by atomic mass is 10.0. The van der Waals surface area contributed by atoms with Gasteiger partial charge < -0.3 is 20.5 Å². The molecule has 1 saturated heterocycles. The van der Waals surface area contributed by atoms with Crippen LogP contribution in [0.15, 0.2) is 0 Å². The molecule has 1 aliphatic rings. The molecule has 0 aromatic heterocycles. The zero-order chi connectivity index (χ0) is 12.8. The van der Waals surface area contributed by atoms with Crippen molar-refractivity contribution < 1.29 is 19.4 Å². The van der Waals surface area contributed by atoms with Gasteiger partial charge >= 0.3 is 5.97 Å². The number of carboxylic acids is 1. The Morgan fingerprint density at radius 3 is 2.71 bits per heavy atom. The standard InChI is InChI=1S/C11H20N2O4/c1-7(2)12-4-3-10(14)13-9-6-17-5-8(9)11(15)16/h7-9,12H,3-6H2,1-2H3,(H,13,14)(H,15,16). The third-order valence-electron chi connectivity index (χ3n) is 2.65. The van der Waals surface area contributed by atoms with Crippen molar-refractivity contribution in [1.29, 1.82) is 0 Å². The Morgan fingerprint density at radius 1 is 1.41 bits per heavy atom. The number of aliphatic carboxylic acids is 1. The van der Waals surface area contributed by atoms with Gasteiger partial charge in [-0.3, -0.25) is 9.59 Å². The predicted molar refractivity (Wildman–Crippen MR) is 61.6 cm³/mol. The van der Waals surface area contributed by atoms with Gasteiger partial charge in [-0.25, -0.2) is 0 Å². The fraction of sp³-hybridized carbons (Fsp3) is 0.818. The zero-order valence-electron chi connectivity index (χ0n) is 10.2. The van der Waals surface area contributed by atoms with Crippen LogP contribution in [0.4, 0.5) is 0 Å². The normalized spacial score (nSPS) is 23.9. The second-order valence-corrected chi connectivity index (χ2v) is 4.52. The summed E-state index contributed by atoms with van der Waals surface area (Å²) in [6.07, 6.45) is 0.348. The van der Waals surface area contributed by atoms with Crippen LogP contribution in [0.2, 0.25) is 0 Å². The van der Waals surface area contributed by atoms with Gasteiger partial charge in [-0.15, -0.1) is 0 Å². The lowest BCUT2D eigenvalue weighted by Gasteiger charge is -2.16. The number of ether oxygens (including phenoxy) is 1. The van der Waals surface area contributed by atoms with Gasteiger partial charge in [-0.2, -0.15) is 0 Å². The van der Waals surface area contributed by atoms with Crippen molar-refractivity contribution in [2.75, 3.05) is 19.8 Å². The fourth-order valence-corrected chi connectivity index (χ4v) is 1.69. The van der Waals surface area contributed by atoms with Crippen molar-refractivity contribution in [1.82, 2.24) is 10.6 Å². The van der Waals surface area contributed by atoms with E-state index < -0.39 is 17.9 Å². The van der Waals surface area contributed by atoms with Crippen LogP contribution < -0.4 is 10.6 Å². The van der Waals surface area contributed by atoms with Crippen molar-refractivity contribution in [3.63, 3.8) is 0 Å². The molecule has 0 saturated carbocycles. The molecule has 3 N–H and O–H groups in total. The number of rotatable bonds is 6. The van der Waals surface area contributed by atoms with E-state index in [2.05, 4.69) is 10.6 Å². The molecule has 6 nitrogen and oxygen atoms in total. The maximum absolute atomic E-state index is 11.5. The first-order chi connectivity index (χ1) is 8.00. The smallest absolute Gasteiger partial charge is 0.311 e. The average molecular weight is 244 g/mol. The summed E-state index contributed by atoms with van der Waals surface area (Å²) >= 11 is 0. The molecular weight excluding hydrogens is 224 g/mol. The minimum Gasteiger partial charge on any atom is -0.481 e. The number of nitrogens with one attached hydrogen (secondary N) is 2. The molecule has 1 rings (SSSR count). The second-order valence-electron chi connectivity index (χ2n) is 4.52. The molecule has 0 aromatic carbocycles. The van der Waals surface area contributed by atoms with Crippen molar-refractivity contribution in [2.45, 2.75) is 32.4 Å². The summed E-state index contributed by atoms with van der Waals surface area (Å²) in [5.41, 5.74) is 0. The maximum atomic E-state index is 11.5. The van der Waals surface area contributed by atoms with E-state index in [0.29, 0.717) is 19.0 Å². The summed E-state index contributed by atoms with van der Waals surface area (Å²) in [4.78, 5) is 22.4. The number of hydrogen-bond donors (Lipinski definition) is 3.